The molecule has 6 heteroatoms. The van der Waals surface area contributed by atoms with E-state index in [0.717, 1.165) is 0 Å². The Balaban J connectivity index is 2.57. The first-order valence-electron chi connectivity index (χ1n) is 5.70. The number of carboxylic acid groups (broad SMARTS) is 1. The third-order valence-electron chi connectivity index (χ3n) is 2.47. The van der Waals surface area contributed by atoms with Crippen molar-refractivity contribution in [2.75, 3.05) is 13.1 Å². The average Bonchev–Trinajstić information content (AvgIpc) is 2.73. The van der Waals surface area contributed by atoms with Gasteiger partial charge < -0.3 is 14.8 Å². The minimum atomic E-state index is -1.13. The number of oxime groups is 1. The summed E-state index contributed by atoms with van der Waals surface area (Å²) < 4.78 is 0. The van der Waals surface area contributed by atoms with Crippen LogP contribution in [0.25, 0.3) is 0 Å². The molecule has 1 heterocycles. The van der Waals surface area contributed by atoms with Crippen molar-refractivity contribution in [3.05, 3.63) is 0 Å². The zero-order valence-corrected chi connectivity index (χ0v) is 10.3. The molecule has 0 spiro atoms. The number of nitrogens with zero attached hydrogens (tertiary/aromatic N) is 2. The Morgan fingerprint density at radius 3 is 2.65 bits per heavy atom. The molecule has 17 heavy (non-hydrogen) atoms. The molecule has 1 aliphatic heterocycles. The van der Waals surface area contributed by atoms with Gasteiger partial charge in [-0.05, 0) is 12.8 Å². The zero-order chi connectivity index (χ0) is 13.0. The van der Waals surface area contributed by atoms with Gasteiger partial charge in [0.05, 0.1) is 0 Å². The van der Waals surface area contributed by atoms with E-state index in [4.69, 9.17) is 9.94 Å². The summed E-state index contributed by atoms with van der Waals surface area (Å²) in [6.07, 6.45) is -0.734. The Morgan fingerprint density at radius 1 is 1.59 bits per heavy atom. The molecule has 0 saturated heterocycles. The van der Waals surface area contributed by atoms with Gasteiger partial charge in [-0.1, -0.05) is 19.0 Å². The molecule has 96 valence electrons. The molecule has 1 unspecified atom stereocenters. The first-order chi connectivity index (χ1) is 7.95. The Morgan fingerprint density at radius 2 is 2.24 bits per heavy atom. The SMILES string of the molecule is CCN(CC(C)C)C(=O)C1CC(C(=O)O)=NO1. The largest absolute Gasteiger partial charge is 0.477 e. The van der Waals surface area contributed by atoms with Crippen LogP contribution in [0, 0.1) is 5.92 Å². The van der Waals surface area contributed by atoms with Crippen LogP contribution in [0.1, 0.15) is 27.2 Å². The number of hydrogen-bond donors (Lipinski definition) is 1. The summed E-state index contributed by atoms with van der Waals surface area (Å²) in [6, 6.07) is 0. The maximum Gasteiger partial charge on any atom is 0.353 e. The number of aliphatic carboxylic acids is 1. The van der Waals surface area contributed by atoms with Crippen LogP contribution in [0.5, 0.6) is 0 Å². The predicted molar refractivity (Wildman–Crippen MR) is 61.7 cm³/mol. The van der Waals surface area contributed by atoms with E-state index in [1.54, 1.807) is 4.90 Å². The number of likely N-dealkylation sites (N-methyl/N-ethyl adjacent to an activating group) is 1. The van der Waals surface area contributed by atoms with E-state index in [1.165, 1.54) is 0 Å². The van der Waals surface area contributed by atoms with E-state index in [2.05, 4.69) is 5.16 Å². The predicted octanol–water partition coefficient (Wildman–Crippen LogP) is 0.720. The average molecular weight is 242 g/mol. The molecule has 0 aromatic carbocycles. The molecule has 1 atom stereocenters. The summed E-state index contributed by atoms with van der Waals surface area (Å²) >= 11 is 0. The first kappa shape index (κ1) is 13.5. The molecule has 6 nitrogen and oxygen atoms in total. The van der Waals surface area contributed by atoms with Gasteiger partial charge in [0.1, 0.15) is 0 Å². The Hall–Kier alpha value is -1.59. The van der Waals surface area contributed by atoms with E-state index in [9.17, 15) is 9.59 Å². The molecule has 0 bridgehead atoms. The zero-order valence-electron chi connectivity index (χ0n) is 10.3. The number of carbonyl (C=O) groups is 2. The van der Waals surface area contributed by atoms with Crippen molar-refractivity contribution in [3.63, 3.8) is 0 Å². The minimum absolute atomic E-state index is 0.0444. The molecule has 0 aromatic rings. The molecule has 0 fully saturated rings. The lowest BCUT2D eigenvalue weighted by atomic mass is 10.1. The molecule has 0 saturated carbocycles. The van der Waals surface area contributed by atoms with E-state index in [0.29, 0.717) is 19.0 Å². The van der Waals surface area contributed by atoms with Gasteiger partial charge in [-0.25, -0.2) is 4.79 Å². The van der Waals surface area contributed by atoms with Crippen LogP contribution >= 0.6 is 0 Å². The number of hydrogen-bond acceptors (Lipinski definition) is 4. The van der Waals surface area contributed by atoms with Crippen molar-refractivity contribution in [3.8, 4) is 0 Å². The van der Waals surface area contributed by atoms with E-state index in [1.807, 2.05) is 20.8 Å². The summed E-state index contributed by atoms with van der Waals surface area (Å²) in [4.78, 5) is 29.2. The number of carbonyl (C=O) groups excluding carboxylic acids is 1. The third-order valence-corrected chi connectivity index (χ3v) is 2.47. The van der Waals surface area contributed by atoms with Gasteiger partial charge in [0.2, 0.25) is 6.10 Å². The van der Waals surface area contributed by atoms with Crippen molar-refractivity contribution in [1.29, 1.82) is 0 Å². The standard InChI is InChI=1S/C11H18N2O4/c1-4-13(6-7(2)3)10(14)9-5-8(11(15)16)12-17-9/h7,9H,4-6H2,1-3H3,(H,15,16). The summed E-state index contributed by atoms with van der Waals surface area (Å²) in [5.41, 5.74) is -0.0936. The van der Waals surface area contributed by atoms with E-state index in [-0.39, 0.29) is 18.0 Å². The van der Waals surface area contributed by atoms with Gasteiger partial charge >= 0.3 is 5.97 Å². The highest BCUT2D eigenvalue weighted by Crippen LogP contribution is 2.14. The summed E-state index contributed by atoms with van der Waals surface area (Å²) in [6.45, 7) is 7.14. The van der Waals surface area contributed by atoms with E-state index >= 15 is 0 Å². The molecule has 1 aliphatic rings. The Bertz CT molecular complexity index is 338. The second-order valence-corrected chi connectivity index (χ2v) is 4.41. The molecular weight excluding hydrogens is 224 g/mol. The van der Waals surface area contributed by atoms with Gasteiger partial charge in [-0.3, -0.25) is 4.79 Å². The second kappa shape index (κ2) is 5.65. The lowest BCUT2D eigenvalue weighted by molar-refractivity contribution is -0.142. The fourth-order valence-corrected chi connectivity index (χ4v) is 1.66. The lowest BCUT2D eigenvalue weighted by Gasteiger charge is -2.24. The topological polar surface area (TPSA) is 79.2 Å². The van der Waals surface area contributed by atoms with Gasteiger partial charge in [0.25, 0.3) is 5.91 Å². The molecule has 1 N–H and O–H groups in total. The fraction of sp³-hybridized carbons (Fsp3) is 0.727. The quantitative estimate of drug-likeness (QED) is 0.770. The Labute approximate surface area is 100 Å². The van der Waals surface area contributed by atoms with Crippen LogP contribution in [0.3, 0.4) is 0 Å². The highest BCUT2D eigenvalue weighted by molar-refractivity contribution is 6.36. The van der Waals surface area contributed by atoms with Crippen molar-refractivity contribution in [2.24, 2.45) is 11.1 Å². The highest BCUT2D eigenvalue weighted by atomic mass is 16.6. The number of amides is 1. The molecule has 0 radical (unpaired) electrons. The molecule has 0 aromatic heterocycles. The summed E-state index contributed by atoms with van der Waals surface area (Å²) in [5, 5.41) is 12.1. The Kier molecular flexibility index (Phi) is 4.48. The van der Waals surface area contributed by atoms with Crippen LogP contribution in [-0.2, 0) is 14.4 Å². The maximum absolute atomic E-state index is 12.0. The third kappa shape index (κ3) is 3.44. The molecular formula is C11H18N2O4. The number of rotatable bonds is 5. The van der Waals surface area contributed by atoms with Crippen LogP contribution in [0.15, 0.2) is 5.16 Å². The smallest absolute Gasteiger partial charge is 0.353 e. The van der Waals surface area contributed by atoms with Crippen LogP contribution in [0.2, 0.25) is 0 Å². The highest BCUT2D eigenvalue weighted by Gasteiger charge is 2.34. The molecule has 1 rings (SSSR count). The monoisotopic (exact) mass is 242 g/mol. The van der Waals surface area contributed by atoms with Crippen molar-refractivity contribution < 1.29 is 19.5 Å². The van der Waals surface area contributed by atoms with Crippen molar-refractivity contribution in [2.45, 2.75) is 33.3 Å². The van der Waals surface area contributed by atoms with Gasteiger partial charge in [-0.15, -0.1) is 0 Å². The summed E-state index contributed by atoms with van der Waals surface area (Å²) in [7, 11) is 0. The van der Waals surface area contributed by atoms with Gasteiger partial charge in [0, 0.05) is 19.5 Å². The van der Waals surface area contributed by atoms with Crippen molar-refractivity contribution >= 4 is 17.6 Å². The fourth-order valence-electron chi connectivity index (χ4n) is 1.66. The van der Waals surface area contributed by atoms with Gasteiger partial charge in [0.15, 0.2) is 5.71 Å². The second-order valence-electron chi connectivity index (χ2n) is 4.41. The van der Waals surface area contributed by atoms with Crippen LogP contribution < -0.4 is 0 Å². The van der Waals surface area contributed by atoms with Crippen LogP contribution in [-0.4, -0.2) is 46.8 Å². The maximum atomic E-state index is 12.0. The lowest BCUT2D eigenvalue weighted by Crippen LogP contribution is -2.41. The number of carboxylic acids is 1. The normalized spacial score (nSPS) is 18.8. The van der Waals surface area contributed by atoms with E-state index < -0.39 is 12.1 Å². The van der Waals surface area contributed by atoms with Crippen LogP contribution in [0.4, 0.5) is 0 Å². The molecule has 0 aliphatic carbocycles. The first-order valence-corrected chi connectivity index (χ1v) is 5.70. The summed E-state index contributed by atoms with van der Waals surface area (Å²) in [5.74, 6) is -0.964. The minimum Gasteiger partial charge on any atom is -0.477 e. The molecule has 1 amide bonds. The van der Waals surface area contributed by atoms with Gasteiger partial charge in [-0.2, -0.15) is 0 Å². The van der Waals surface area contributed by atoms with Crippen molar-refractivity contribution in [1.82, 2.24) is 4.90 Å².